The van der Waals surface area contributed by atoms with Gasteiger partial charge in [0.1, 0.15) is 5.75 Å². The Hall–Kier alpha value is -3.68. The Morgan fingerprint density at radius 1 is 1.16 bits per heavy atom. The van der Waals surface area contributed by atoms with E-state index in [-0.39, 0.29) is 6.04 Å². The maximum atomic E-state index is 12.8. The van der Waals surface area contributed by atoms with Crippen molar-refractivity contribution in [3.05, 3.63) is 59.8 Å². The van der Waals surface area contributed by atoms with Gasteiger partial charge in [0.15, 0.2) is 9.84 Å². The monoisotopic (exact) mass is 541 g/mol. The molecule has 0 saturated heterocycles. The van der Waals surface area contributed by atoms with Crippen molar-refractivity contribution in [2.75, 3.05) is 12.0 Å². The fourth-order valence-electron chi connectivity index (χ4n) is 3.82. The van der Waals surface area contributed by atoms with Crippen LogP contribution in [0.15, 0.2) is 42.9 Å². The first kappa shape index (κ1) is 27.9. The minimum absolute atomic E-state index is 0.206. The van der Waals surface area contributed by atoms with E-state index in [0.29, 0.717) is 19.6 Å². The lowest BCUT2D eigenvalue weighted by atomic mass is 10.1. The van der Waals surface area contributed by atoms with E-state index in [1.54, 1.807) is 11.1 Å². The molecule has 3 aromatic rings. The first-order valence-electron chi connectivity index (χ1n) is 11.1. The number of sulfone groups is 1. The van der Waals surface area contributed by atoms with Crippen LogP contribution in [0.4, 0.5) is 13.2 Å². The van der Waals surface area contributed by atoms with Crippen molar-refractivity contribution < 1.29 is 36.3 Å². The van der Waals surface area contributed by atoms with Crippen LogP contribution >= 0.6 is 0 Å². The minimum Gasteiger partial charge on any atom is -0.475 e. The fourth-order valence-corrected chi connectivity index (χ4v) is 4.46. The van der Waals surface area contributed by atoms with Crippen molar-refractivity contribution in [1.29, 1.82) is 0 Å². The van der Waals surface area contributed by atoms with E-state index in [1.807, 2.05) is 41.3 Å². The first-order valence-corrected chi connectivity index (χ1v) is 13.1. The van der Waals surface area contributed by atoms with E-state index in [1.165, 1.54) is 0 Å². The van der Waals surface area contributed by atoms with Crippen LogP contribution in [0.3, 0.4) is 0 Å². The van der Waals surface area contributed by atoms with E-state index in [2.05, 4.69) is 23.4 Å². The van der Waals surface area contributed by atoms with E-state index < -0.39 is 33.6 Å². The number of carboxylic acids is 1. The number of pyridine rings is 1. The van der Waals surface area contributed by atoms with E-state index in [9.17, 15) is 26.4 Å². The second-order valence-corrected chi connectivity index (χ2v) is 11.0. The van der Waals surface area contributed by atoms with Crippen molar-refractivity contribution >= 4 is 21.7 Å². The van der Waals surface area contributed by atoms with E-state index >= 15 is 0 Å². The summed E-state index contributed by atoms with van der Waals surface area (Å²) in [5, 5.41) is 11.9. The Kier molecular flexibility index (Phi) is 8.10. The number of alkyl halides is 3. The zero-order chi connectivity index (χ0) is 27.5. The predicted molar refractivity (Wildman–Crippen MR) is 127 cm³/mol. The third kappa shape index (κ3) is 7.18. The molecule has 0 saturated carbocycles. The van der Waals surface area contributed by atoms with Crippen molar-refractivity contribution in [3.8, 4) is 11.3 Å². The van der Waals surface area contributed by atoms with E-state index in [4.69, 9.17) is 15.0 Å². The molecular weight excluding hydrogens is 515 g/mol. The third-order valence-corrected chi connectivity index (χ3v) is 6.18. The number of hydrogen-bond acceptors (Lipinski definition) is 6. The van der Waals surface area contributed by atoms with Gasteiger partial charge >= 0.3 is 12.1 Å². The molecule has 3 aromatic heterocycles. The summed E-state index contributed by atoms with van der Waals surface area (Å²) in [4.78, 5) is 27.6. The number of amides is 1. The van der Waals surface area contributed by atoms with Gasteiger partial charge in [-0.25, -0.2) is 13.2 Å². The topological polar surface area (TPSA) is 127 Å². The second-order valence-electron chi connectivity index (χ2n) is 8.82. The molecule has 14 heteroatoms. The zero-order valence-electron chi connectivity index (χ0n) is 20.3. The summed E-state index contributed by atoms with van der Waals surface area (Å²) in [6.45, 7) is 5.35. The van der Waals surface area contributed by atoms with E-state index in [0.717, 1.165) is 34.5 Å². The predicted octanol–water partition coefficient (Wildman–Crippen LogP) is 2.90. The van der Waals surface area contributed by atoms with Crippen molar-refractivity contribution in [3.63, 3.8) is 0 Å². The highest BCUT2D eigenvalue weighted by atomic mass is 32.2. The molecule has 0 aromatic carbocycles. The summed E-state index contributed by atoms with van der Waals surface area (Å²) < 4.78 is 59.1. The molecule has 1 N–H and O–H groups in total. The summed E-state index contributed by atoms with van der Waals surface area (Å²) in [6.07, 6.45) is 1.67. The van der Waals surface area contributed by atoms with Gasteiger partial charge in [0, 0.05) is 54.3 Å². The Morgan fingerprint density at radius 3 is 2.38 bits per heavy atom. The average molecular weight is 542 g/mol. The van der Waals surface area contributed by atoms with Gasteiger partial charge in [0.05, 0.1) is 24.5 Å². The quantitative estimate of drug-likeness (QED) is 0.526. The van der Waals surface area contributed by atoms with Crippen molar-refractivity contribution in [2.45, 2.75) is 45.7 Å². The molecule has 4 heterocycles. The number of carbonyl (C=O) groups is 2. The normalized spacial score (nSPS) is 13.3. The lowest BCUT2D eigenvalue weighted by Crippen LogP contribution is -2.34. The van der Waals surface area contributed by atoms with Gasteiger partial charge in [-0.15, -0.1) is 0 Å². The van der Waals surface area contributed by atoms with Gasteiger partial charge in [0.25, 0.3) is 0 Å². The molecule has 200 valence electrons. The first-order chi connectivity index (χ1) is 17.2. The van der Waals surface area contributed by atoms with Crippen LogP contribution in [0.2, 0.25) is 0 Å². The van der Waals surface area contributed by atoms with Gasteiger partial charge in [-0.05, 0) is 32.0 Å². The molecule has 1 aliphatic heterocycles. The molecule has 0 fully saturated rings. The molecule has 4 rings (SSSR count). The number of aliphatic carboxylic acids is 1. The summed E-state index contributed by atoms with van der Waals surface area (Å²) in [7, 11) is -3.42. The lowest BCUT2D eigenvalue weighted by molar-refractivity contribution is -0.192. The van der Waals surface area contributed by atoms with Gasteiger partial charge < -0.3 is 14.6 Å². The van der Waals surface area contributed by atoms with Crippen LogP contribution in [0.5, 0.6) is 0 Å². The largest absolute Gasteiger partial charge is 0.490 e. The lowest BCUT2D eigenvalue weighted by Gasteiger charge is -2.23. The van der Waals surface area contributed by atoms with Gasteiger partial charge in [-0.1, -0.05) is 6.07 Å². The molecular formula is C23H26F3N5O5S. The molecule has 0 bridgehead atoms. The highest BCUT2D eigenvalue weighted by Crippen LogP contribution is 2.34. The maximum Gasteiger partial charge on any atom is 0.490 e. The minimum atomic E-state index is -5.08. The molecule has 1 amide bonds. The smallest absolute Gasteiger partial charge is 0.475 e. The number of hydrogen-bond donors (Lipinski definition) is 1. The van der Waals surface area contributed by atoms with Crippen LogP contribution in [0.25, 0.3) is 11.3 Å². The number of carboxylic acid groups (broad SMARTS) is 1. The number of nitrogens with zero attached hydrogens (tertiary/aromatic N) is 5. The van der Waals surface area contributed by atoms with Gasteiger partial charge in [0.2, 0.25) is 5.91 Å². The van der Waals surface area contributed by atoms with Crippen LogP contribution in [-0.4, -0.2) is 67.8 Å². The van der Waals surface area contributed by atoms with Crippen molar-refractivity contribution in [1.82, 2.24) is 24.2 Å². The molecule has 0 spiro atoms. The number of fused-ring (bicyclic) bond motifs is 3. The summed E-state index contributed by atoms with van der Waals surface area (Å²) in [5.74, 6) is -3.65. The number of halogens is 3. The van der Waals surface area contributed by atoms with Gasteiger partial charge in [-0.3, -0.25) is 14.5 Å². The molecule has 10 nitrogen and oxygen atoms in total. The number of aromatic nitrogens is 4. The Labute approximate surface area is 211 Å². The van der Waals surface area contributed by atoms with Crippen molar-refractivity contribution in [2.24, 2.45) is 0 Å². The SMILES string of the molecule is CC(C)n1ccc2c1CN(C(=O)CS(C)(=O)=O)Cc1cn(Cc3ccccn3)nc1-2.O=C(O)C(F)(F)F. The molecule has 0 atom stereocenters. The highest BCUT2D eigenvalue weighted by molar-refractivity contribution is 7.91. The summed E-state index contributed by atoms with van der Waals surface area (Å²) >= 11 is 0. The number of rotatable bonds is 5. The summed E-state index contributed by atoms with van der Waals surface area (Å²) in [5.41, 5.74) is 4.56. The number of carbonyl (C=O) groups excluding carboxylic acids is 1. The average Bonchev–Trinajstić information content (AvgIpc) is 3.33. The highest BCUT2D eigenvalue weighted by Gasteiger charge is 2.38. The Morgan fingerprint density at radius 2 is 1.84 bits per heavy atom. The van der Waals surface area contributed by atoms with Crippen LogP contribution < -0.4 is 0 Å². The molecule has 0 unspecified atom stereocenters. The molecule has 0 radical (unpaired) electrons. The summed E-state index contributed by atoms with van der Waals surface area (Å²) in [6, 6.07) is 7.97. The Bertz CT molecular complexity index is 1380. The second kappa shape index (κ2) is 10.7. The molecule has 37 heavy (non-hydrogen) atoms. The van der Waals surface area contributed by atoms with Crippen LogP contribution in [-0.2, 0) is 39.1 Å². The van der Waals surface area contributed by atoms with Gasteiger partial charge in [-0.2, -0.15) is 18.3 Å². The maximum absolute atomic E-state index is 12.8. The Balaban J connectivity index is 0.000000479. The molecule has 1 aliphatic rings. The standard InChI is InChI=1S/C21H25N5O3S.C2HF3O2/c1-15(2)26-9-7-18-19(26)13-24(20(27)14-30(3,28)29)10-16-11-25(23-21(16)18)12-17-6-4-5-8-22-17;3-2(4,5)1(6)7/h4-9,11,15H,10,12-14H2,1-3H3;(H,6,7). The third-order valence-electron chi connectivity index (χ3n) is 5.41. The fraction of sp³-hybridized carbons (Fsp3) is 0.391. The molecule has 0 aliphatic carbocycles. The zero-order valence-corrected chi connectivity index (χ0v) is 21.1. The van der Waals surface area contributed by atoms with Crippen LogP contribution in [0, 0.1) is 0 Å². The van der Waals surface area contributed by atoms with Crippen LogP contribution in [0.1, 0.15) is 36.8 Å².